The number of benzene rings is 2. The van der Waals surface area contributed by atoms with Crippen molar-refractivity contribution in [2.24, 2.45) is 5.73 Å². The summed E-state index contributed by atoms with van der Waals surface area (Å²) in [5.74, 6) is -3.51. The van der Waals surface area contributed by atoms with Crippen LogP contribution in [0.5, 0.6) is 0 Å². The van der Waals surface area contributed by atoms with E-state index in [1.165, 1.54) is 24.3 Å². The Morgan fingerprint density at radius 2 is 2.00 bits per heavy atom. The smallest absolute Gasteiger partial charge is 0.264 e. The summed E-state index contributed by atoms with van der Waals surface area (Å²) in [6.45, 7) is 8.42. The van der Waals surface area contributed by atoms with E-state index in [4.69, 9.17) is 17.0 Å². The highest BCUT2D eigenvalue weighted by molar-refractivity contribution is 7.18. The third kappa shape index (κ3) is 4.87. The van der Waals surface area contributed by atoms with Gasteiger partial charge in [-0.05, 0) is 43.0 Å². The van der Waals surface area contributed by atoms with Crippen molar-refractivity contribution < 1.29 is 27.8 Å². The van der Waals surface area contributed by atoms with Gasteiger partial charge in [0, 0.05) is 41.7 Å². The molecule has 9 nitrogen and oxygen atoms in total. The maximum atomic E-state index is 15.9. The molecule has 4 aromatic rings. The second-order valence-corrected chi connectivity index (χ2v) is 11.3. The number of piperidine rings is 1. The fourth-order valence-electron chi connectivity index (χ4n) is 5.41. The van der Waals surface area contributed by atoms with E-state index in [9.17, 15) is 14.3 Å². The predicted octanol–water partition coefficient (Wildman–Crippen LogP) is 4.68. The molecule has 3 N–H and O–H groups in total. The van der Waals surface area contributed by atoms with E-state index in [-0.39, 0.29) is 50.6 Å². The van der Waals surface area contributed by atoms with Crippen molar-refractivity contribution in [3.63, 3.8) is 0 Å². The molecule has 2 saturated heterocycles. The molecule has 2 aromatic heterocycles. The van der Waals surface area contributed by atoms with Gasteiger partial charge in [0.15, 0.2) is 11.6 Å². The van der Waals surface area contributed by atoms with Crippen molar-refractivity contribution >= 4 is 34.0 Å². The van der Waals surface area contributed by atoms with Gasteiger partial charge >= 0.3 is 0 Å². The summed E-state index contributed by atoms with van der Waals surface area (Å²) in [6.07, 6.45) is 0.985. The highest BCUT2D eigenvalue weighted by Crippen LogP contribution is 2.43. The summed E-state index contributed by atoms with van der Waals surface area (Å²) in [6, 6.07) is 5.90. The van der Waals surface area contributed by atoms with Crippen molar-refractivity contribution in [1.29, 1.82) is 0 Å². The number of nitrogens with two attached hydrogens (primary N) is 1. The summed E-state index contributed by atoms with van der Waals surface area (Å²) in [5.41, 5.74) is 6.13. The zero-order valence-corrected chi connectivity index (χ0v) is 22.5. The molecule has 6 rings (SSSR count). The standard InChI is InChI=1S/C28H25F3N6O3S/c1-33-19-5-4-14(9-18(19)29)16-11-23(28(39)36-7-2-3-15(32)12-36)41-27(16)17-10-20-26(25(31)24(17)30)37(35-34-20)21-13-40-8-6-22(21)38/h4-5,9-11,15,21-22,38H,2-3,6-8,12-13,32H2/t15-,21+,22+/m1/s1. The molecule has 0 radical (unpaired) electrons. The van der Waals surface area contributed by atoms with Crippen LogP contribution < -0.4 is 5.73 Å². The molecule has 0 unspecified atom stereocenters. The highest BCUT2D eigenvalue weighted by Gasteiger charge is 2.32. The molecule has 2 aromatic carbocycles. The number of halogens is 3. The van der Waals surface area contributed by atoms with Gasteiger partial charge in [-0.1, -0.05) is 17.3 Å². The van der Waals surface area contributed by atoms with Crippen LogP contribution in [0, 0.1) is 24.0 Å². The van der Waals surface area contributed by atoms with Gasteiger partial charge < -0.3 is 20.5 Å². The van der Waals surface area contributed by atoms with Gasteiger partial charge in [0.05, 0.1) is 24.2 Å². The second kappa shape index (κ2) is 10.9. The van der Waals surface area contributed by atoms with Crippen LogP contribution in [-0.2, 0) is 4.74 Å². The fourth-order valence-corrected chi connectivity index (χ4v) is 6.57. The molecule has 0 aliphatic carbocycles. The average molecular weight is 583 g/mol. The minimum atomic E-state index is -1.22. The number of ether oxygens (including phenoxy) is 1. The molecular weight excluding hydrogens is 557 g/mol. The molecule has 13 heteroatoms. The maximum absolute atomic E-state index is 15.9. The van der Waals surface area contributed by atoms with Gasteiger partial charge in [-0.3, -0.25) is 4.79 Å². The molecule has 4 heterocycles. The lowest BCUT2D eigenvalue weighted by molar-refractivity contribution is -0.0322. The van der Waals surface area contributed by atoms with Gasteiger partial charge in [0.1, 0.15) is 22.9 Å². The van der Waals surface area contributed by atoms with E-state index in [1.54, 1.807) is 4.90 Å². The Labute approximate surface area is 236 Å². The normalized spacial score (nSPS) is 21.3. The Morgan fingerprint density at radius 1 is 1.17 bits per heavy atom. The zero-order chi connectivity index (χ0) is 28.8. The Kier molecular flexibility index (Phi) is 7.25. The molecule has 0 bridgehead atoms. The van der Waals surface area contributed by atoms with Crippen LogP contribution in [0.25, 0.3) is 37.4 Å². The maximum Gasteiger partial charge on any atom is 0.264 e. The summed E-state index contributed by atoms with van der Waals surface area (Å²) < 4.78 is 52.8. The molecular formula is C28H25F3N6O3S. The topological polar surface area (TPSA) is 111 Å². The average Bonchev–Trinajstić information content (AvgIpc) is 3.60. The molecule has 2 aliphatic rings. The quantitative estimate of drug-likeness (QED) is 0.338. The molecule has 212 valence electrons. The van der Waals surface area contributed by atoms with Crippen molar-refractivity contribution in [2.75, 3.05) is 26.3 Å². The van der Waals surface area contributed by atoms with Crippen LogP contribution in [0.3, 0.4) is 0 Å². The Balaban J connectivity index is 1.50. The number of carbonyl (C=O) groups excluding carboxylic acids is 1. The third-order valence-corrected chi connectivity index (χ3v) is 8.71. The number of aliphatic hydroxyl groups is 1. The molecule has 2 aliphatic heterocycles. The zero-order valence-electron chi connectivity index (χ0n) is 21.7. The molecule has 0 saturated carbocycles. The van der Waals surface area contributed by atoms with Crippen LogP contribution in [0.2, 0.25) is 0 Å². The number of fused-ring (bicyclic) bond motifs is 1. The van der Waals surface area contributed by atoms with E-state index in [1.807, 2.05) is 0 Å². The summed E-state index contributed by atoms with van der Waals surface area (Å²) in [7, 11) is 0. The summed E-state index contributed by atoms with van der Waals surface area (Å²) >= 11 is 0.956. The van der Waals surface area contributed by atoms with Crippen molar-refractivity contribution in [3.05, 3.63) is 64.1 Å². The van der Waals surface area contributed by atoms with Gasteiger partial charge in [-0.25, -0.2) is 22.7 Å². The first-order valence-electron chi connectivity index (χ1n) is 13.1. The number of rotatable bonds is 4. The number of carbonyl (C=O) groups is 1. The van der Waals surface area contributed by atoms with Gasteiger partial charge in [-0.15, -0.1) is 16.4 Å². The second-order valence-electron chi connectivity index (χ2n) is 10.2. The van der Waals surface area contributed by atoms with E-state index < -0.39 is 29.6 Å². The van der Waals surface area contributed by atoms with Gasteiger partial charge in [0.2, 0.25) is 5.69 Å². The largest absolute Gasteiger partial charge is 0.391 e. The number of hydrogen-bond donors (Lipinski definition) is 2. The molecule has 0 spiro atoms. The van der Waals surface area contributed by atoms with Gasteiger partial charge in [0.25, 0.3) is 5.91 Å². The van der Waals surface area contributed by atoms with Crippen LogP contribution in [0.15, 0.2) is 30.3 Å². The summed E-state index contributed by atoms with van der Waals surface area (Å²) in [5, 5.41) is 18.5. The molecule has 2 fully saturated rings. The van der Waals surface area contributed by atoms with Crippen LogP contribution in [-0.4, -0.2) is 69.4 Å². The van der Waals surface area contributed by atoms with Crippen molar-refractivity contribution in [3.8, 4) is 21.6 Å². The lowest BCUT2D eigenvalue weighted by atomic mass is 10.00. The minimum Gasteiger partial charge on any atom is -0.391 e. The predicted molar refractivity (Wildman–Crippen MR) is 146 cm³/mol. The van der Waals surface area contributed by atoms with Crippen LogP contribution in [0.4, 0.5) is 18.9 Å². The Hall–Kier alpha value is -3.83. The van der Waals surface area contributed by atoms with Gasteiger partial charge in [-0.2, -0.15) is 0 Å². The number of hydrogen-bond acceptors (Lipinski definition) is 7. The minimum absolute atomic E-state index is 0.0421. The van der Waals surface area contributed by atoms with E-state index >= 15 is 8.78 Å². The van der Waals surface area contributed by atoms with Crippen LogP contribution in [0.1, 0.15) is 35.0 Å². The van der Waals surface area contributed by atoms with Crippen molar-refractivity contribution in [1.82, 2.24) is 19.9 Å². The first-order valence-corrected chi connectivity index (χ1v) is 13.9. The first-order chi connectivity index (χ1) is 19.8. The van der Waals surface area contributed by atoms with E-state index in [0.29, 0.717) is 37.2 Å². The first kappa shape index (κ1) is 27.3. The van der Waals surface area contributed by atoms with E-state index in [2.05, 4.69) is 15.2 Å². The van der Waals surface area contributed by atoms with Crippen molar-refractivity contribution in [2.45, 2.75) is 37.5 Å². The number of thiophene rings is 1. The SMILES string of the molecule is [C-]#[N+]c1ccc(-c2cc(C(=O)N3CCC[C@@H](N)C3)sc2-c2cc3nnn([C@H]4COCC[C@@H]4O)c3c(F)c2F)cc1F. The molecule has 1 amide bonds. The summed E-state index contributed by atoms with van der Waals surface area (Å²) in [4.78, 5) is 18.7. The monoisotopic (exact) mass is 582 g/mol. The number of amides is 1. The van der Waals surface area contributed by atoms with E-state index in [0.717, 1.165) is 34.9 Å². The molecule has 3 atom stereocenters. The molecule has 41 heavy (non-hydrogen) atoms. The number of nitrogens with zero attached hydrogens (tertiary/aromatic N) is 5. The van der Waals surface area contributed by atoms with Crippen LogP contribution >= 0.6 is 11.3 Å². The number of aliphatic hydroxyl groups excluding tert-OH is 1. The lowest BCUT2D eigenvalue weighted by Gasteiger charge is -2.30. The highest BCUT2D eigenvalue weighted by atomic mass is 32.1. The third-order valence-electron chi connectivity index (χ3n) is 7.56. The number of likely N-dealkylation sites (tertiary alicyclic amines) is 1. The Bertz CT molecular complexity index is 1700. The lowest BCUT2D eigenvalue weighted by Crippen LogP contribution is -2.45. The Morgan fingerprint density at radius 3 is 2.73 bits per heavy atom. The fraction of sp³-hybridized carbons (Fsp3) is 0.357. The number of aromatic nitrogens is 3.